The normalized spacial score (nSPS) is 19.7. The van der Waals surface area contributed by atoms with Gasteiger partial charge < -0.3 is 5.32 Å². The van der Waals surface area contributed by atoms with Crippen molar-refractivity contribution in [2.75, 3.05) is 10.2 Å². The predicted octanol–water partition coefficient (Wildman–Crippen LogP) is 6.67. The molecular formula is C29H18Cl2F3N3O4S2. The average molecular weight is 665 g/mol. The summed E-state index contributed by atoms with van der Waals surface area (Å²) >= 11 is 13.8. The van der Waals surface area contributed by atoms with E-state index in [1.165, 1.54) is 10.6 Å². The van der Waals surface area contributed by atoms with Crippen molar-refractivity contribution in [2.24, 2.45) is 5.92 Å². The number of carbonyl (C=O) groups excluding carboxylic acids is 3. The molecule has 0 saturated carbocycles. The van der Waals surface area contributed by atoms with E-state index in [-0.39, 0.29) is 12.2 Å². The number of thioether (sulfide) groups is 1. The van der Waals surface area contributed by atoms with Gasteiger partial charge in [-0.15, -0.1) is 0 Å². The molecule has 2 aliphatic rings. The second-order valence-corrected chi connectivity index (χ2v) is 12.8. The Labute approximate surface area is 260 Å². The van der Waals surface area contributed by atoms with E-state index in [1.54, 1.807) is 48.5 Å². The van der Waals surface area contributed by atoms with Crippen molar-refractivity contribution in [1.29, 1.82) is 0 Å². The summed E-state index contributed by atoms with van der Waals surface area (Å²) in [5.41, 5.74) is -0.140. The van der Waals surface area contributed by atoms with Gasteiger partial charge in [0.2, 0.25) is 17.7 Å². The Hall–Kier alpha value is -3.58. The summed E-state index contributed by atoms with van der Waals surface area (Å²) in [5, 5.41) is 2.89. The van der Waals surface area contributed by atoms with Crippen molar-refractivity contribution < 1.29 is 27.6 Å². The molecule has 0 spiro atoms. The summed E-state index contributed by atoms with van der Waals surface area (Å²) in [7, 11) is 0. The fraction of sp³-hybridized carbons (Fsp3) is 0.172. The minimum Gasteiger partial charge on any atom is -0.325 e. The van der Waals surface area contributed by atoms with E-state index in [4.69, 9.17) is 23.2 Å². The molecule has 3 aromatic carbocycles. The van der Waals surface area contributed by atoms with Crippen molar-refractivity contribution in [1.82, 2.24) is 4.57 Å². The molecule has 0 bridgehead atoms. The number of anilines is 2. The molecule has 0 radical (unpaired) electrons. The smallest absolute Gasteiger partial charge is 0.325 e. The number of carbonyl (C=O) groups is 3. The molecule has 1 fully saturated rings. The Morgan fingerprint density at radius 1 is 0.907 bits per heavy atom. The second-order valence-electron chi connectivity index (χ2n) is 9.83. The van der Waals surface area contributed by atoms with Gasteiger partial charge in [0, 0.05) is 26.5 Å². The number of fused-ring (bicyclic) bond motifs is 2. The molecule has 3 atom stereocenters. The van der Waals surface area contributed by atoms with Crippen LogP contribution in [0.2, 0.25) is 10.0 Å². The molecular weight excluding hydrogens is 646 g/mol. The number of aromatic nitrogens is 1. The molecule has 3 amide bonds. The number of nitrogens with one attached hydrogen (secondary N) is 1. The van der Waals surface area contributed by atoms with Crippen LogP contribution in [0.4, 0.5) is 24.5 Å². The summed E-state index contributed by atoms with van der Waals surface area (Å²) in [6.07, 6.45) is -4.68. The standard InChI is InChI=1S/C29H18Cl2F3N3O4S2/c30-16-6-4-14(5-7-16)21-22-23(26(40)37(25(22)39)19-3-1-2-15(12-19)29(32,33)34)42-27-24(21)43-28(41)36(27)13-20(38)35-18-10-8-17(31)9-11-18/h1-12,21-23H,13H2,(H,35,38). The van der Waals surface area contributed by atoms with Crippen LogP contribution in [-0.4, -0.2) is 27.5 Å². The number of halogens is 5. The molecule has 6 rings (SSSR count). The molecule has 7 nitrogen and oxygen atoms in total. The van der Waals surface area contributed by atoms with Gasteiger partial charge in [-0.25, -0.2) is 4.90 Å². The monoisotopic (exact) mass is 663 g/mol. The van der Waals surface area contributed by atoms with Gasteiger partial charge >= 0.3 is 11.0 Å². The lowest BCUT2D eigenvalue weighted by Gasteiger charge is -2.30. The van der Waals surface area contributed by atoms with E-state index in [0.717, 1.165) is 46.2 Å². The van der Waals surface area contributed by atoms with Crippen molar-refractivity contribution in [3.05, 3.63) is 109 Å². The minimum atomic E-state index is -4.68. The van der Waals surface area contributed by atoms with Crippen molar-refractivity contribution in [2.45, 2.75) is 28.9 Å². The first kappa shape index (κ1) is 29.5. The number of imide groups is 1. The molecule has 3 unspecified atom stereocenters. The maximum atomic E-state index is 13.9. The number of benzene rings is 3. The lowest BCUT2D eigenvalue weighted by atomic mass is 9.83. The van der Waals surface area contributed by atoms with E-state index in [1.807, 2.05) is 0 Å². The molecule has 0 aliphatic carbocycles. The van der Waals surface area contributed by atoms with Crippen molar-refractivity contribution >= 4 is 75.4 Å². The largest absolute Gasteiger partial charge is 0.416 e. The summed E-state index contributed by atoms with van der Waals surface area (Å²) in [5.74, 6) is -3.70. The summed E-state index contributed by atoms with van der Waals surface area (Å²) < 4.78 is 41.7. The zero-order valence-corrected chi connectivity index (χ0v) is 24.7. The minimum absolute atomic E-state index is 0.197. The third kappa shape index (κ3) is 5.48. The Morgan fingerprint density at radius 2 is 1.56 bits per heavy atom. The highest BCUT2D eigenvalue weighted by Gasteiger charge is 2.57. The lowest BCUT2D eigenvalue weighted by Crippen LogP contribution is -2.33. The van der Waals surface area contributed by atoms with Gasteiger partial charge in [0.05, 0.1) is 22.2 Å². The molecule has 4 aromatic rings. The fourth-order valence-electron chi connectivity index (χ4n) is 5.24. The number of thiazole rings is 1. The molecule has 220 valence electrons. The van der Waals surface area contributed by atoms with Crippen LogP contribution >= 0.6 is 46.3 Å². The van der Waals surface area contributed by atoms with Crippen LogP contribution in [0.5, 0.6) is 0 Å². The highest BCUT2D eigenvalue weighted by molar-refractivity contribution is 8.00. The van der Waals surface area contributed by atoms with Crippen LogP contribution in [0.3, 0.4) is 0 Å². The quantitative estimate of drug-likeness (QED) is 0.241. The Kier molecular flexibility index (Phi) is 7.66. The first-order valence-electron chi connectivity index (χ1n) is 12.7. The highest BCUT2D eigenvalue weighted by atomic mass is 35.5. The first-order chi connectivity index (χ1) is 20.4. The third-order valence-corrected chi connectivity index (χ3v) is 10.2. The fourth-order valence-corrected chi connectivity index (χ4v) is 8.26. The van der Waals surface area contributed by atoms with Gasteiger partial charge in [-0.1, -0.05) is 64.5 Å². The number of rotatable bonds is 5. The maximum absolute atomic E-state index is 13.9. The predicted molar refractivity (Wildman–Crippen MR) is 159 cm³/mol. The zero-order valence-electron chi connectivity index (χ0n) is 21.6. The van der Waals surface area contributed by atoms with Gasteiger partial charge in [0.25, 0.3) is 0 Å². The molecule has 1 aromatic heterocycles. The summed E-state index contributed by atoms with van der Waals surface area (Å²) in [6, 6.07) is 17.0. The number of nitrogens with zero attached hydrogens (tertiary/aromatic N) is 2. The van der Waals surface area contributed by atoms with E-state index < -0.39 is 51.4 Å². The number of amides is 3. The van der Waals surface area contributed by atoms with Crippen molar-refractivity contribution in [3.63, 3.8) is 0 Å². The lowest BCUT2D eigenvalue weighted by molar-refractivity contribution is -0.137. The van der Waals surface area contributed by atoms with Crippen LogP contribution in [-0.2, 0) is 27.1 Å². The van der Waals surface area contributed by atoms with Gasteiger partial charge in [-0.3, -0.25) is 23.7 Å². The number of alkyl halides is 3. The number of hydrogen-bond acceptors (Lipinski definition) is 6. The third-order valence-electron chi connectivity index (χ3n) is 7.14. The molecule has 1 N–H and O–H groups in total. The van der Waals surface area contributed by atoms with Crippen LogP contribution in [0.1, 0.15) is 21.9 Å². The average Bonchev–Trinajstić information content (AvgIpc) is 3.40. The number of hydrogen-bond donors (Lipinski definition) is 1. The molecule has 43 heavy (non-hydrogen) atoms. The molecule has 1 saturated heterocycles. The van der Waals surface area contributed by atoms with Gasteiger partial charge in [-0.2, -0.15) is 13.2 Å². The van der Waals surface area contributed by atoms with Gasteiger partial charge in [0.1, 0.15) is 11.8 Å². The van der Waals surface area contributed by atoms with Crippen LogP contribution in [0, 0.1) is 5.92 Å². The van der Waals surface area contributed by atoms with E-state index in [2.05, 4.69) is 5.32 Å². The SMILES string of the molecule is O=C(Cn1c2c(sc1=O)C(c1ccc(Cl)cc1)C1C(=O)N(c3cccc(C(F)(F)F)c3)C(=O)C1S2)Nc1ccc(Cl)cc1. The first-order valence-corrected chi connectivity index (χ1v) is 15.1. The highest BCUT2D eigenvalue weighted by Crippen LogP contribution is 2.54. The van der Waals surface area contributed by atoms with Gasteiger partial charge in [0.15, 0.2) is 0 Å². The Balaban J connectivity index is 1.40. The summed E-state index contributed by atoms with van der Waals surface area (Å²) in [4.78, 5) is 54.6. The summed E-state index contributed by atoms with van der Waals surface area (Å²) in [6.45, 7) is -0.371. The Bertz CT molecular complexity index is 1820. The Morgan fingerprint density at radius 3 is 2.21 bits per heavy atom. The van der Waals surface area contributed by atoms with Crippen molar-refractivity contribution in [3.8, 4) is 0 Å². The van der Waals surface area contributed by atoms with E-state index in [9.17, 15) is 32.3 Å². The molecule has 14 heteroatoms. The van der Waals surface area contributed by atoms with Crippen LogP contribution in [0.25, 0.3) is 0 Å². The molecule has 2 aliphatic heterocycles. The topological polar surface area (TPSA) is 88.5 Å². The van der Waals surface area contributed by atoms with Crippen LogP contribution in [0.15, 0.2) is 82.6 Å². The molecule has 3 heterocycles. The zero-order chi connectivity index (χ0) is 30.6. The van der Waals surface area contributed by atoms with E-state index in [0.29, 0.717) is 31.2 Å². The maximum Gasteiger partial charge on any atom is 0.416 e. The van der Waals surface area contributed by atoms with Gasteiger partial charge in [-0.05, 0) is 60.2 Å². The van der Waals surface area contributed by atoms with Crippen LogP contribution < -0.4 is 15.1 Å². The van der Waals surface area contributed by atoms with E-state index >= 15 is 0 Å². The second kappa shape index (κ2) is 11.2.